The number of nitrogens with zero attached hydrogens (tertiary/aromatic N) is 2. The van der Waals surface area contributed by atoms with Gasteiger partial charge in [-0.3, -0.25) is 0 Å². The number of fused-ring (bicyclic) bond motifs is 1. The molecule has 0 aliphatic carbocycles. The quantitative estimate of drug-likeness (QED) is 0.574. The Kier molecular flexibility index (Phi) is 3.96. The summed E-state index contributed by atoms with van der Waals surface area (Å²) in [4.78, 5) is 3.27. The highest BCUT2D eigenvalue weighted by Gasteiger charge is 2.20. The summed E-state index contributed by atoms with van der Waals surface area (Å²) in [5.74, 6) is 1.67. The molecule has 0 saturated carbocycles. The van der Waals surface area contributed by atoms with Crippen molar-refractivity contribution in [3.63, 3.8) is 0 Å². The molecule has 7 heteroatoms. The number of nitrogens with one attached hydrogen (secondary N) is 2. The highest BCUT2D eigenvalue weighted by atomic mass is 16.5. The second kappa shape index (κ2) is 6.44. The molecule has 0 amide bonds. The second-order valence-corrected chi connectivity index (χ2v) is 5.68. The van der Waals surface area contributed by atoms with Gasteiger partial charge in [-0.2, -0.15) is 15.4 Å². The highest BCUT2D eigenvalue weighted by molar-refractivity contribution is 5.97. The van der Waals surface area contributed by atoms with Crippen LogP contribution in [0.2, 0.25) is 0 Å². The normalized spacial score (nSPS) is 10.9. The van der Waals surface area contributed by atoms with Gasteiger partial charge in [-0.1, -0.05) is 18.2 Å². The molecule has 0 radical (unpaired) electrons. The van der Waals surface area contributed by atoms with E-state index in [-0.39, 0.29) is 0 Å². The van der Waals surface area contributed by atoms with Gasteiger partial charge in [0.05, 0.1) is 21.3 Å². The average molecular weight is 350 g/mol. The van der Waals surface area contributed by atoms with Crippen LogP contribution < -0.4 is 14.2 Å². The van der Waals surface area contributed by atoms with Crippen LogP contribution in [0, 0.1) is 0 Å². The molecule has 0 saturated heterocycles. The molecule has 132 valence electrons. The third kappa shape index (κ3) is 2.45. The number of para-hydroxylation sites is 1. The summed E-state index contributed by atoms with van der Waals surface area (Å²) in [7, 11) is 4.75. The lowest BCUT2D eigenvalue weighted by molar-refractivity contribution is 0.324. The van der Waals surface area contributed by atoms with Gasteiger partial charge in [0, 0.05) is 28.2 Å². The predicted octanol–water partition coefficient (Wildman–Crippen LogP) is 3.65. The van der Waals surface area contributed by atoms with Crippen LogP contribution in [0.5, 0.6) is 17.2 Å². The summed E-state index contributed by atoms with van der Waals surface area (Å²) in [6.07, 6.45) is 1.93. The number of H-pyrrole nitrogens is 2. The van der Waals surface area contributed by atoms with Crippen LogP contribution in [0.15, 0.2) is 42.6 Å². The molecule has 0 aliphatic rings. The van der Waals surface area contributed by atoms with E-state index < -0.39 is 0 Å². The van der Waals surface area contributed by atoms with E-state index in [0.29, 0.717) is 22.9 Å². The first-order valence-corrected chi connectivity index (χ1v) is 8.04. The van der Waals surface area contributed by atoms with Gasteiger partial charge >= 0.3 is 0 Å². The van der Waals surface area contributed by atoms with Crippen molar-refractivity contribution >= 4 is 10.9 Å². The van der Waals surface area contributed by atoms with E-state index in [4.69, 9.17) is 14.2 Å². The minimum absolute atomic E-state index is 0.538. The number of methoxy groups -OCH3 is 3. The van der Waals surface area contributed by atoms with Crippen LogP contribution in [0.4, 0.5) is 0 Å². The first kappa shape index (κ1) is 16.0. The number of hydrogen-bond acceptors (Lipinski definition) is 5. The first-order chi connectivity index (χ1) is 12.8. The number of aromatic amines is 2. The molecule has 7 nitrogen and oxygen atoms in total. The maximum atomic E-state index is 5.45. The molecule has 4 rings (SSSR count). The Hall–Kier alpha value is -3.48. The predicted molar refractivity (Wildman–Crippen MR) is 98.8 cm³/mol. The molecule has 2 heterocycles. The van der Waals surface area contributed by atoms with Gasteiger partial charge in [-0.05, 0) is 18.2 Å². The Labute approximate surface area is 149 Å². The van der Waals surface area contributed by atoms with Crippen molar-refractivity contribution in [1.29, 1.82) is 0 Å². The van der Waals surface area contributed by atoms with E-state index >= 15 is 0 Å². The Morgan fingerprint density at radius 2 is 1.54 bits per heavy atom. The van der Waals surface area contributed by atoms with Gasteiger partial charge in [0.15, 0.2) is 11.5 Å². The van der Waals surface area contributed by atoms with Crippen molar-refractivity contribution in [2.75, 3.05) is 21.3 Å². The molecule has 4 aromatic rings. The van der Waals surface area contributed by atoms with E-state index in [1.807, 2.05) is 36.5 Å². The zero-order valence-corrected chi connectivity index (χ0v) is 14.7. The molecular weight excluding hydrogens is 332 g/mol. The van der Waals surface area contributed by atoms with Gasteiger partial charge in [0.1, 0.15) is 11.4 Å². The molecule has 0 atom stereocenters. The fourth-order valence-corrected chi connectivity index (χ4v) is 3.11. The minimum atomic E-state index is 0.538. The molecule has 2 aromatic heterocycles. The van der Waals surface area contributed by atoms with Crippen LogP contribution >= 0.6 is 0 Å². The maximum absolute atomic E-state index is 5.45. The van der Waals surface area contributed by atoms with E-state index in [9.17, 15) is 0 Å². The number of benzene rings is 2. The lowest BCUT2D eigenvalue weighted by atomic mass is 10.0. The van der Waals surface area contributed by atoms with E-state index in [2.05, 4.69) is 26.5 Å². The second-order valence-electron chi connectivity index (χ2n) is 5.68. The van der Waals surface area contributed by atoms with Crippen LogP contribution in [-0.4, -0.2) is 41.7 Å². The van der Waals surface area contributed by atoms with Gasteiger partial charge in [-0.25, -0.2) is 0 Å². The molecule has 0 unspecified atom stereocenters. The summed E-state index contributed by atoms with van der Waals surface area (Å²) in [6.45, 7) is 0. The van der Waals surface area contributed by atoms with Gasteiger partial charge in [0.25, 0.3) is 0 Å². The van der Waals surface area contributed by atoms with Gasteiger partial charge in [0.2, 0.25) is 5.75 Å². The zero-order valence-electron chi connectivity index (χ0n) is 14.7. The van der Waals surface area contributed by atoms with Crippen LogP contribution in [0.3, 0.4) is 0 Å². The standard InChI is InChI=1S/C19H18N4O3/c1-24-15-8-11(9-16(25-2)19(15)26-3)17-18(22-23-21-17)13-10-20-14-7-5-4-6-12(13)14/h4-10,20H,1-3H3,(H,21,22,23). The largest absolute Gasteiger partial charge is 0.493 e. The smallest absolute Gasteiger partial charge is 0.203 e. The SMILES string of the molecule is COc1cc(-c2n[nH]nc2-c2c[nH]c3ccccc23)cc(OC)c1OC. The monoisotopic (exact) mass is 350 g/mol. The highest BCUT2D eigenvalue weighted by Crippen LogP contribution is 2.42. The fourth-order valence-electron chi connectivity index (χ4n) is 3.11. The molecular formula is C19H18N4O3. The van der Waals surface area contributed by atoms with E-state index in [1.165, 1.54) is 0 Å². The number of hydrogen-bond donors (Lipinski definition) is 2. The summed E-state index contributed by atoms with van der Waals surface area (Å²) >= 11 is 0. The molecule has 0 aliphatic heterocycles. The summed E-state index contributed by atoms with van der Waals surface area (Å²) in [5, 5.41) is 12.5. The summed E-state index contributed by atoms with van der Waals surface area (Å²) in [5.41, 5.74) is 4.28. The first-order valence-electron chi connectivity index (χ1n) is 8.04. The van der Waals surface area contributed by atoms with Crippen molar-refractivity contribution in [3.05, 3.63) is 42.6 Å². The minimum Gasteiger partial charge on any atom is -0.493 e. The fraction of sp³-hybridized carbons (Fsp3) is 0.158. The molecule has 26 heavy (non-hydrogen) atoms. The molecule has 2 N–H and O–H groups in total. The Bertz CT molecular complexity index is 1040. The van der Waals surface area contributed by atoms with Gasteiger partial charge < -0.3 is 19.2 Å². The van der Waals surface area contributed by atoms with E-state index in [1.54, 1.807) is 21.3 Å². The number of rotatable bonds is 5. The van der Waals surface area contributed by atoms with Crippen molar-refractivity contribution in [2.24, 2.45) is 0 Å². The molecule has 2 aromatic carbocycles. The number of ether oxygens (including phenoxy) is 3. The average Bonchev–Trinajstić information content (AvgIpc) is 3.33. The van der Waals surface area contributed by atoms with Crippen molar-refractivity contribution < 1.29 is 14.2 Å². The molecule has 0 fully saturated rings. The van der Waals surface area contributed by atoms with Crippen molar-refractivity contribution in [1.82, 2.24) is 20.4 Å². The third-order valence-electron chi connectivity index (χ3n) is 4.33. The zero-order chi connectivity index (χ0) is 18.1. The lowest BCUT2D eigenvalue weighted by Crippen LogP contribution is -1.96. The number of aromatic nitrogens is 4. The maximum Gasteiger partial charge on any atom is 0.203 e. The third-order valence-corrected chi connectivity index (χ3v) is 4.33. The van der Waals surface area contributed by atoms with Crippen molar-refractivity contribution in [3.8, 4) is 39.8 Å². The van der Waals surface area contributed by atoms with Crippen LogP contribution in [0.25, 0.3) is 33.4 Å². The van der Waals surface area contributed by atoms with Crippen LogP contribution in [-0.2, 0) is 0 Å². The Morgan fingerprint density at radius 3 is 2.23 bits per heavy atom. The molecule has 0 bridgehead atoms. The van der Waals surface area contributed by atoms with Crippen molar-refractivity contribution in [2.45, 2.75) is 0 Å². The van der Waals surface area contributed by atoms with E-state index in [0.717, 1.165) is 27.7 Å². The molecule has 0 spiro atoms. The summed E-state index contributed by atoms with van der Waals surface area (Å²) in [6, 6.07) is 11.8. The Morgan fingerprint density at radius 1 is 0.846 bits per heavy atom. The Balaban J connectivity index is 1.90. The topological polar surface area (TPSA) is 85.1 Å². The van der Waals surface area contributed by atoms with Crippen LogP contribution in [0.1, 0.15) is 0 Å². The van der Waals surface area contributed by atoms with Gasteiger partial charge in [-0.15, -0.1) is 0 Å². The summed E-state index contributed by atoms with van der Waals surface area (Å²) < 4.78 is 16.3. The lowest BCUT2D eigenvalue weighted by Gasteiger charge is -2.13.